The molecule has 37 heavy (non-hydrogen) atoms. The van der Waals surface area contributed by atoms with E-state index in [1.807, 2.05) is 30.3 Å². The molecule has 4 rings (SSSR count). The Kier molecular flexibility index (Phi) is 8.11. The number of halogens is 1. The molecular weight excluding hydrogens is 467 g/mol. The van der Waals surface area contributed by atoms with Gasteiger partial charge >= 0.3 is 6.09 Å². The number of alkyl carbamates (subject to hydrolysis) is 1. The number of rotatable bonds is 6. The molecule has 5 nitrogen and oxygen atoms in total. The predicted molar refractivity (Wildman–Crippen MR) is 139 cm³/mol. The smallest absolute Gasteiger partial charge is 0.407 e. The fraction of sp³-hybridized carbons (Fsp3) is 0.290. The monoisotopic (exact) mass is 496 g/mol. The number of ether oxygens (including phenoxy) is 2. The molecule has 1 unspecified atom stereocenters. The number of nitrogens with zero attached hydrogens (tertiary/aromatic N) is 1. The Morgan fingerprint density at radius 1 is 1.05 bits per heavy atom. The minimum absolute atomic E-state index is 0.0541. The molecule has 1 aliphatic carbocycles. The molecule has 3 aromatic carbocycles. The molecule has 1 aliphatic rings. The van der Waals surface area contributed by atoms with Crippen LogP contribution in [0.3, 0.4) is 0 Å². The molecule has 3 aromatic rings. The van der Waals surface area contributed by atoms with Crippen LogP contribution in [0.25, 0.3) is 0 Å². The van der Waals surface area contributed by atoms with E-state index >= 15 is 0 Å². The lowest BCUT2D eigenvalue weighted by atomic mass is 9.65. The molecule has 0 aromatic heterocycles. The van der Waals surface area contributed by atoms with Gasteiger partial charge in [0.15, 0.2) is 0 Å². The molecule has 0 spiro atoms. The van der Waals surface area contributed by atoms with Gasteiger partial charge in [0.05, 0.1) is 18.7 Å². The molecule has 6 heteroatoms. The zero-order valence-corrected chi connectivity index (χ0v) is 21.0. The number of carbonyl (C=O) groups excluding carboxylic acids is 1. The first-order valence-electron chi connectivity index (χ1n) is 12.3. The van der Waals surface area contributed by atoms with Gasteiger partial charge < -0.3 is 14.8 Å². The lowest BCUT2D eigenvalue weighted by molar-refractivity contribution is 0.159. The number of nitriles is 1. The predicted octanol–water partition coefficient (Wildman–Crippen LogP) is 5.96. The summed E-state index contributed by atoms with van der Waals surface area (Å²) in [4.78, 5) is 12.0. The van der Waals surface area contributed by atoms with Crippen LogP contribution in [0.5, 0.6) is 5.75 Å². The molecule has 0 radical (unpaired) electrons. The van der Waals surface area contributed by atoms with Crippen LogP contribution < -0.4 is 10.1 Å². The Bertz CT molecular complexity index is 1340. The molecular formula is C31H29FN2O3. The summed E-state index contributed by atoms with van der Waals surface area (Å²) in [6.45, 7) is 2.33. The molecule has 1 N–H and O–H groups in total. The van der Waals surface area contributed by atoms with E-state index < -0.39 is 11.5 Å². The van der Waals surface area contributed by atoms with Crippen molar-refractivity contribution in [2.45, 2.75) is 37.6 Å². The second-order valence-corrected chi connectivity index (χ2v) is 9.30. The van der Waals surface area contributed by atoms with Crippen LogP contribution >= 0.6 is 0 Å². The van der Waals surface area contributed by atoms with Gasteiger partial charge in [-0.3, -0.25) is 0 Å². The quantitative estimate of drug-likeness (QED) is 0.428. The lowest BCUT2D eigenvalue weighted by Gasteiger charge is -2.40. The third-order valence-corrected chi connectivity index (χ3v) is 7.18. The van der Waals surface area contributed by atoms with E-state index in [1.165, 1.54) is 13.2 Å². The Morgan fingerprint density at radius 3 is 2.46 bits per heavy atom. The number of nitrogens with one attached hydrogen (secondary N) is 1. The minimum Gasteiger partial charge on any atom is -0.481 e. The summed E-state index contributed by atoms with van der Waals surface area (Å²) in [6, 6.07) is 23.6. The third kappa shape index (κ3) is 5.93. The SMILES string of the molecule is COC(=O)N[C@H]1CCC[C@@H]1C(C)(c1ccc(OCC#Cc2ccc(C#N)cc2)cc1)c1cccc(F)c1. The van der Waals surface area contributed by atoms with Gasteiger partial charge in [0.2, 0.25) is 0 Å². The van der Waals surface area contributed by atoms with Crippen molar-refractivity contribution >= 4 is 6.09 Å². The first-order valence-corrected chi connectivity index (χ1v) is 12.3. The molecule has 1 amide bonds. The standard InChI is InChI=1S/C31H29FN2O3/c1-31(25-7-3-8-26(32)20-25,28-9-4-10-29(28)34-30(35)36-2)24-15-17-27(18-16-24)37-19-5-6-22-11-13-23(21-33)14-12-22/h3,7-8,11-18,20,28-29H,4,9-10,19H2,1-2H3,(H,34,35)/t28-,29-,31?/m0/s1. The first-order chi connectivity index (χ1) is 17.9. The second-order valence-electron chi connectivity index (χ2n) is 9.30. The fourth-order valence-corrected chi connectivity index (χ4v) is 5.22. The van der Waals surface area contributed by atoms with Crippen molar-refractivity contribution < 1.29 is 18.7 Å². The van der Waals surface area contributed by atoms with Crippen molar-refractivity contribution in [2.24, 2.45) is 5.92 Å². The Balaban J connectivity index is 1.55. The molecule has 0 saturated heterocycles. The maximum absolute atomic E-state index is 14.3. The van der Waals surface area contributed by atoms with Gasteiger partial charge in [0, 0.05) is 17.0 Å². The van der Waals surface area contributed by atoms with Crippen LogP contribution in [0.4, 0.5) is 9.18 Å². The fourth-order valence-electron chi connectivity index (χ4n) is 5.22. The Labute approximate surface area is 217 Å². The molecule has 188 valence electrons. The lowest BCUT2D eigenvalue weighted by Crippen LogP contribution is -2.46. The third-order valence-electron chi connectivity index (χ3n) is 7.18. The van der Waals surface area contributed by atoms with Crippen LogP contribution in [-0.4, -0.2) is 25.9 Å². The van der Waals surface area contributed by atoms with Crippen LogP contribution in [0.1, 0.15) is 48.4 Å². The van der Waals surface area contributed by atoms with E-state index in [-0.39, 0.29) is 24.4 Å². The molecule has 0 heterocycles. The van der Waals surface area contributed by atoms with Crippen LogP contribution in [0.15, 0.2) is 72.8 Å². The van der Waals surface area contributed by atoms with Gasteiger partial charge in [-0.05, 0) is 78.4 Å². The van der Waals surface area contributed by atoms with E-state index in [4.69, 9.17) is 14.7 Å². The zero-order valence-electron chi connectivity index (χ0n) is 21.0. The van der Waals surface area contributed by atoms with Gasteiger partial charge in [-0.2, -0.15) is 5.26 Å². The summed E-state index contributed by atoms with van der Waals surface area (Å²) in [5, 5.41) is 11.9. The highest BCUT2D eigenvalue weighted by Gasteiger charge is 2.45. The number of benzene rings is 3. The van der Waals surface area contributed by atoms with Gasteiger partial charge in [0.25, 0.3) is 0 Å². The normalized spacial score (nSPS) is 18.0. The van der Waals surface area contributed by atoms with Crippen molar-refractivity contribution in [3.63, 3.8) is 0 Å². The van der Waals surface area contributed by atoms with Crippen molar-refractivity contribution in [1.82, 2.24) is 5.32 Å². The molecule has 0 aliphatic heterocycles. The molecule has 3 atom stereocenters. The number of methoxy groups -OCH3 is 1. The highest BCUT2D eigenvalue weighted by atomic mass is 19.1. The van der Waals surface area contributed by atoms with Crippen molar-refractivity contribution in [2.75, 3.05) is 13.7 Å². The van der Waals surface area contributed by atoms with Gasteiger partial charge in [-0.1, -0.05) is 49.5 Å². The zero-order chi connectivity index (χ0) is 26.3. The van der Waals surface area contributed by atoms with Crippen LogP contribution in [0, 0.1) is 34.9 Å². The van der Waals surface area contributed by atoms with E-state index in [1.54, 1.807) is 36.4 Å². The van der Waals surface area contributed by atoms with Crippen molar-refractivity contribution in [1.29, 1.82) is 5.26 Å². The summed E-state index contributed by atoms with van der Waals surface area (Å²) < 4.78 is 25.0. The second kappa shape index (κ2) is 11.6. The van der Waals surface area contributed by atoms with Crippen LogP contribution in [-0.2, 0) is 10.2 Å². The van der Waals surface area contributed by atoms with Gasteiger partial charge in [-0.25, -0.2) is 9.18 Å². The Hall–Kier alpha value is -4.29. The Morgan fingerprint density at radius 2 is 1.78 bits per heavy atom. The summed E-state index contributed by atoms with van der Waals surface area (Å²) in [5.41, 5.74) is 2.74. The highest BCUT2D eigenvalue weighted by molar-refractivity contribution is 5.67. The molecule has 1 saturated carbocycles. The maximum atomic E-state index is 14.3. The maximum Gasteiger partial charge on any atom is 0.407 e. The summed E-state index contributed by atoms with van der Waals surface area (Å²) in [6.07, 6.45) is 2.24. The van der Waals surface area contributed by atoms with Crippen LogP contribution in [0.2, 0.25) is 0 Å². The van der Waals surface area contributed by atoms with E-state index in [0.717, 1.165) is 36.0 Å². The number of hydrogen-bond acceptors (Lipinski definition) is 4. The highest BCUT2D eigenvalue weighted by Crippen LogP contribution is 2.47. The van der Waals surface area contributed by atoms with E-state index in [2.05, 4.69) is 30.2 Å². The van der Waals surface area contributed by atoms with Gasteiger partial charge in [0.1, 0.15) is 18.2 Å². The number of carbonyl (C=O) groups is 1. The minimum atomic E-state index is -0.543. The first kappa shape index (κ1) is 25.8. The summed E-state index contributed by atoms with van der Waals surface area (Å²) >= 11 is 0. The van der Waals surface area contributed by atoms with Crippen molar-refractivity contribution in [3.8, 4) is 23.7 Å². The average Bonchev–Trinajstić information content (AvgIpc) is 3.39. The van der Waals surface area contributed by atoms with Crippen molar-refractivity contribution in [3.05, 3.63) is 101 Å². The van der Waals surface area contributed by atoms with Gasteiger partial charge in [-0.15, -0.1) is 0 Å². The van der Waals surface area contributed by atoms with E-state index in [9.17, 15) is 9.18 Å². The number of amides is 1. The van der Waals surface area contributed by atoms with E-state index in [0.29, 0.717) is 11.3 Å². The summed E-state index contributed by atoms with van der Waals surface area (Å²) in [7, 11) is 1.36. The topological polar surface area (TPSA) is 71.3 Å². The largest absolute Gasteiger partial charge is 0.481 e. The molecule has 0 bridgehead atoms. The summed E-state index contributed by atoms with van der Waals surface area (Å²) in [5.74, 6) is 6.45. The molecule has 1 fully saturated rings. The number of hydrogen-bond donors (Lipinski definition) is 1. The average molecular weight is 497 g/mol.